The molecule has 2 heteroatoms. The van der Waals surface area contributed by atoms with Crippen LogP contribution in [0.5, 0.6) is 0 Å². The van der Waals surface area contributed by atoms with Gasteiger partial charge in [0.15, 0.2) is 0 Å². The Kier molecular flexibility index (Phi) is 3.43. The van der Waals surface area contributed by atoms with E-state index in [1.54, 1.807) is 0 Å². The Morgan fingerprint density at radius 1 is 1.46 bits per heavy atom. The predicted molar refractivity (Wildman–Crippen MR) is 55.6 cm³/mol. The average molecular weight is 178 g/mol. The van der Waals surface area contributed by atoms with Gasteiger partial charge in [-0.3, -0.25) is 4.98 Å². The summed E-state index contributed by atoms with van der Waals surface area (Å²) in [7, 11) is 0. The molecule has 0 radical (unpaired) electrons. The molecule has 0 amide bonds. The summed E-state index contributed by atoms with van der Waals surface area (Å²) in [6.07, 6.45) is 5.94. The van der Waals surface area contributed by atoms with Crippen LogP contribution in [0.4, 0.5) is 0 Å². The summed E-state index contributed by atoms with van der Waals surface area (Å²) < 4.78 is 0. The molecule has 0 fully saturated rings. The quantitative estimate of drug-likeness (QED) is 0.766. The summed E-state index contributed by atoms with van der Waals surface area (Å²) in [6.45, 7) is 5.24. The van der Waals surface area contributed by atoms with Crippen LogP contribution in [-0.2, 0) is 5.41 Å². The third-order valence-electron chi connectivity index (χ3n) is 2.45. The van der Waals surface area contributed by atoms with Gasteiger partial charge in [-0.25, -0.2) is 0 Å². The van der Waals surface area contributed by atoms with Crippen LogP contribution in [0.25, 0.3) is 0 Å². The lowest BCUT2D eigenvalue weighted by atomic mass is 9.81. The molecular formula is C11H18N2. The van der Waals surface area contributed by atoms with Crippen molar-refractivity contribution in [3.8, 4) is 0 Å². The van der Waals surface area contributed by atoms with Crippen LogP contribution in [0.3, 0.4) is 0 Å². The van der Waals surface area contributed by atoms with E-state index in [4.69, 9.17) is 5.73 Å². The second kappa shape index (κ2) is 4.38. The van der Waals surface area contributed by atoms with Gasteiger partial charge in [0, 0.05) is 12.4 Å². The lowest BCUT2D eigenvalue weighted by Gasteiger charge is -2.24. The van der Waals surface area contributed by atoms with E-state index in [-0.39, 0.29) is 5.41 Å². The van der Waals surface area contributed by atoms with Crippen LogP contribution in [0.1, 0.15) is 32.3 Å². The van der Waals surface area contributed by atoms with Gasteiger partial charge in [0.2, 0.25) is 0 Å². The van der Waals surface area contributed by atoms with Crippen LogP contribution in [0, 0.1) is 0 Å². The van der Waals surface area contributed by atoms with Crippen molar-refractivity contribution in [3.63, 3.8) is 0 Å². The van der Waals surface area contributed by atoms with Gasteiger partial charge in [0.25, 0.3) is 0 Å². The summed E-state index contributed by atoms with van der Waals surface area (Å²) in [6, 6.07) is 4.11. The number of nitrogens with two attached hydrogens (primary N) is 1. The molecule has 0 aliphatic rings. The SMILES string of the molecule is CC(C)(CCCN)c1cccnc1. The molecule has 2 N–H and O–H groups in total. The van der Waals surface area contributed by atoms with Crippen molar-refractivity contribution in [2.24, 2.45) is 5.73 Å². The number of nitrogens with zero attached hydrogens (tertiary/aromatic N) is 1. The van der Waals surface area contributed by atoms with E-state index in [9.17, 15) is 0 Å². The Hall–Kier alpha value is -0.890. The Labute approximate surface area is 80.2 Å². The van der Waals surface area contributed by atoms with Gasteiger partial charge in [-0.15, -0.1) is 0 Å². The molecule has 2 nitrogen and oxygen atoms in total. The van der Waals surface area contributed by atoms with E-state index in [0.29, 0.717) is 0 Å². The predicted octanol–water partition coefficient (Wildman–Crippen LogP) is 2.10. The highest BCUT2D eigenvalue weighted by molar-refractivity contribution is 5.19. The fourth-order valence-electron chi connectivity index (χ4n) is 1.45. The van der Waals surface area contributed by atoms with Crippen molar-refractivity contribution in [2.45, 2.75) is 32.1 Å². The number of rotatable bonds is 4. The number of pyridine rings is 1. The zero-order valence-corrected chi connectivity index (χ0v) is 8.46. The van der Waals surface area contributed by atoms with E-state index in [1.165, 1.54) is 5.56 Å². The molecule has 0 saturated heterocycles. The molecule has 13 heavy (non-hydrogen) atoms. The molecule has 0 aliphatic heterocycles. The molecule has 0 spiro atoms. The molecule has 1 aromatic rings. The molecule has 0 bridgehead atoms. The molecule has 72 valence electrons. The van der Waals surface area contributed by atoms with Gasteiger partial charge in [-0.1, -0.05) is 19.9 Å². The van der Waals surface area contributed by atoms with Gasteiger partial charge in [0.1, 0.15) is 0 Å². The first-order valence-corrected chi connectivity index (χ1v) is 4.77. The van der Waals surface area contributed by atoms with Gasteiger partial charge in [-0.05, 0) is 36.4 Å². The lowest BCUT2D eigenvalue weighted by molar-refractivity contribution is 0.463. The Bertz CT molecular complexity index is 242. The van der Waals surface area contributed by atoms with E-state index in [2.05, 4.69) is 24.9 Å². The second-order valence-electron chi connectivity index (χ2n) is 4.02. The van der Waals surface area contributed by atoms with Crippen LogP contribution < -0.4 is 5.73 Å². The minimum atomic E-state index is 0.202. The van der Waals surface area contributed by atoms with Gasteiger partial charge < -0.3 is 5.73 Å². The topological polar surface area (TPSA) is 38.9 Å². The molecule has 0 aliphatic carbocycles. The molecule has 0 saturated carbocycles. The Morgan fingerprint density at radius 2 is 2.23 bits per heavy atom. The van der Waals surface area contributed by atoms with Crippen molar-refractivity contribution in [3.05, 3.63) is 30.1 Å². The van der Waals surface area contributed by atoms with Gasteiger partial charge >= 0.3 is 0 Å². The fraction of sp³-hybridized carbons (Fsp3) is 0.545. The third kappa shape index (κ3) is 2.81. The lowest BCUT2D eigenvalue weighted by Crippen LogP contribution is -2.18. The van der Waals surface area contributed by atoms with Crippen LogP contribution >= 0.6 is 0 Å². The second-order valence-corrected chi connectivity index (χ2v) is 4.02. The highest BCUT2D eigenvalue weighted by atomic mass is 14.6. The maximum absolute atomic E-state index is 5.50. The highest BCUT2D eigenvalue weighted by Crippen LogP contribution is 2.26. The monoisotopic (exact) mass is 178 g/mol. The van der Waals surface area contributed by atoms with Gasteiger partial charge in [0.05, 0.1) is 0 Å². The van der Waals surface area contributed by atoms with Crippen molar-refractivity contribution in [2.75, 3.05) is 6.54 Å². The first-order chi connectivity index (χ1) is 6.17. The average Bonchev–Trinajstić information content (AvgIpc) is 2.16. The largest absolute Gasteiger partial charge is 0.330 e. The zero-order valence-electron chi connectivity index (χ0n) is 8.46. The molecule has 1 aromatic heterocycles. The molecular weight excluding hydrogens is 160 g/mol. The summed E-state index contributed by atoms with van der Waals surface area (Å²) in [4.78, 5) is 4.13. The third-order valence-corrected chi connectivity index (χ3v) is 2.45. The number of hydrogen-bond donors (Lipinski definition) is 1. The maximum Gasteiger partial charge on any atom is 0.0305 e. The number of aromatic nitrogens is 1. The Morgan fingerprint density at radius 3 is 2.77 bits per heavy atom. The standard InChI is InChI=1S/C11H18N2/c1-11(2,6-4-7-12)10-5-3-8-13-9-10/h3,5,8-9H,4,6-7,12H2,1-2H3. The molecule has 0 atom stereocenters. The van der Waals surface area contributed by atoms with Crippen LogP contribution in [0.15, 0.2) is 24.5 Å². The molecule has 0 aromatic carbocycles. The normalized spacial score (nSPS) is 11.6. The van der Waals surface area contributed by atoms with E-state index >= 15 is 0 Å². The summed E-state index contributed by atoms with van der Waals surface area (Å²) >= 11 is 0. The molecule has 0 unspecified atom stereocenters. The Balaban J connectivity index is 2.69. The minimum absolute atomic E-state index is 0.202. The van der Waals surface area contributed by atoms with E-state index in [1.807, 2.05) is 18.5 Å². The summed E-state index contributed by atoms with van der Waals surface area (Å²) in [5, 5.41) is 0. The van der Waals surface area contributed by atoms with Crippen molar-refractivity contribution < 1.29 is 0 Å². The fourth-order valence-corrected chi connectivity index (χ4v) is 1.45. The van der Waals surface area contributed by atoms with Crippen LogP contribution in [-0.4, -0.2) is 11.5 Å². The maximum atomic E-state index is 5.50. The van der Waals surface area contributed by atoms with Crippen LogP contribution in [0.2, 0.25) is 0 Å². The van der Waals surface area contributed by atoms with Crippen molar-refractivity contribution >= 4 is 0 Å². The van der Waals surface area contributed by atoms with Crippen molar-refractivity contribution in [1.29, 1.82) is 0 Å². The van der Waals surface area contributed by atoms with E-state index in [0.717, 1.165) is 19.4 Å². The first kappa shape index (κ1) is 10.2. The van der Waals surface area contributed by atoms with Crippen molar-refractivity contribution in [1.82, 2.24) is 4.98 Å². The minimum Gasteiger partial charge on any atom is -0.330 e. The summed E-state index contributed by atoms with van der Waals surface area (Å²) in [5.74, 6) is 0. The highest BCUT2D eigenvalue weighted by Gasteiger charge is 2.19. The van der Waals surface area contributed by atoms with E-state index < -0.39 is 0 Å². The van der Waals surface area contributed by atoms with Gasteiger partial charge in [-0.2, -0.15) is 0 Å². The molecule has 1 rings (SSSR count). The number of hydrogen-bond acceptors (Lipinski definition) is 2. The molecule has 1 heterocycles. The first-order valence-electron chi connectivity index (χ1n) is 4.77. The zero-order chi connectivity index (χ0) is 9.73. The smallest absolute Gasteiger partial charge is 0.0305 e. The summed E-state index contributed by atoms with van der Waals surface area (Å²) in [5.41, 5.74) is 7.00.